The number of pyridine rings is 1. The summed E-state index contributed by atoms with van der Waals surface area (Å²) >= 11 is 0. The van der Waals surface area contributed by atoms with Crippen LogP contribution in [0, 0.1) is 0 Å². The fourth-order valence-electron chi connectivity index (χ4n) is 2.30. The molecular formula is C19H25N3O3. The molecule has 0 fully saturated rings. The van der Waals surface area contributed by atoms with Crippen LogP contribution in [0.5, 0.6) is 11.5 Å². The number of rotatable bonds is 9. The molecule has 0 aliphatic rings. The van der Waals surface area contributed by atoms with Crippen molar-refractivity contribution in [3.8, 4) is 11.5 Å². The predicted molar refractivity (Wildman–Crippen MR) is 98.4 cm³/mol. The van der Waals surface area contributed by atoms with E-state index < -0.39 is 0 Å². The first-order valence-electron chi connectivity index (χ1n) is 8.37. The summed E-state index contributed by atoms with van der Waals surface area (Å²) in [5.74, 6) is 1.25. The molecule has 0 aliphatic heterocycles. The Kier molecular flexibility index (Phi) is 7.07. The molecule has 1 aromatic heterocycles. The lowest BCUT2D eigenvalue weighted by Crippen LogP contribution is -2.25. The van der Waals surface area contributed by atoms with Crippen molar-refractivity contribution in [3.05, 3.63) is 47.8 Å². The summed E-state index contributed by atoms with van der Waals surface area (Å²) < 4.78 is 10.5. The Morgan fingerprint density at radius 1 is 1.12 bits per heavy atom. The van der Waals surface area contributed by atoms with Gasteiger partial charge in [0.2, 0.25) is 0 Å². The maximum absolute atomic E-state index is 11.9. The van der Waals surface area contributed by atoms with Crippen LogP contribution in [0.3, 0.4) is 0 Å². The fourth-order valence-corrected chi connectivity index (χ4v) is 2.30. The number of hydrogen-bond donors (Lipinski definition) is 2. The Morgan fingerprint density at radius 3 is 2.56 bits per heavy atom. The third-order valence-electron chi connectivity index (χ3n) is 3.76. The van der Waals surface area contributed by atoms with Crippen LogP contribution in [-0.4, -0.2) is 31.7 Å². The van der Waals surface area contributed by atoms with Crippen LogP contribution < -0.4 is 20.1 Å². The van der Waals surface area contributed by atoms with Crippen LogP contribution in [0.2, 0.25) is 0 Å². The van der Waals surface area contributed by atoms with E-state index in [1.807, 2.05) is 24.3 Å². The molecule has 1 amide bonds. The number of carbonyl (C=O) groups excluding carboxylic acids is 1. The summed E-state index contributed by atoms with van der Waals surface area (Å²) in [6, 6.07) is 9.34. The van der Waals surface area contributed by atoms with Gasteiger partial charge in [0.15, 0.2) is 11.5 Å². The number of nitrogens with one attached hydrogen (secondary N) is 2. The van der Waals surface area contributed by atoms with Crippen molar-refractivity contribution in [2.75, 3.05) is 26.1 Å². The molecule has 0 saturated carbocycles. The van der Waals surface area contributed by atoms with Crippen LogP contribution in [0.25, 0.3) is 0 Å². The van der Waals surface area contributed by atoms with E-state index in [1.165, 1.54) is 0 Å². The third kappa shape index (κ3) is 5.38. The quantitative estimate of drug-likeness (QED) is 0.684. The highest BCUT2D eigenvalue weighted by Gasteiger charge is 2.07. The molecule has 1 heterocycles. The zero-order valence-corrected chi connectivity index (χ0v) is 15.0. The number of anilines is 1. The van der Waals surface area contributed by atoms with E-state index in [0.717, 1.165) is 24.1 Å². The minimum Gasteiger partial charge on any atom is -0.493 e. The van der Waals surface area contributed by atoms with Crippen LogP contribution in [0.1, 0.15) is 35.8 Å². The first-order chi connectivity index (χ1) is 12.2. The molecule has 2 rings (SSSR count). The number of nitrogens with zero attached hydrogens (tertiary/aromatic N) is 1. The molecule has 0 saturated heterocycles. The van der Waals surface area contributed by atoms with Gasteiger partial charge in [0.05, 0.1) is 26.1 Å². The molecule has 134 valence electrons. The van der Waals surface area contributed by atoms with Gasteiger partial charge in [-0.15, -0.1) is 0 Å². The van der Waals surface area contributed by atoms with E-state index in [9.17, 15) is 4.79 Å². The first-order valence-corrected chi connectivity index (χ1v) is 8.37. The molecule has 6 nitrogen and oxygen atoms in total. The van der Waals surface area contributed by atoms with E-state index in [2.05, 4.69) is 22.5 Å². The summed E-state index contributed by atoms with van der Waals surface area (Å²) in [6.45, 7) is 3.38. The summed E-state index contributed by atoms with van der Waals surface area (Å²) in [4.78, 5) is 16.1. The number of methoxy groups -OCH3 is 2. The number of benzene rings is 1. The standard InChI is InChI=1S/C19H25N3O3/c1-4-5-10-20-19(23)16-8-7-15(13-22-16)21-12-14-6-9-17(24-2)18(11-14)25-3/h6-9,11,13,21H,4-5,10,12H2,1-3H3,(H,20,23). The van der Waals surface area contributed by atoms with Crippen molar-refractivity contribution in [1.82, 2.24) is 10.3 Å². The minimum atomic E-state index is -0.139. The van der Waals surface area contributed by atoms with E-state index in [0.29, 0.717) is 30.3 Å². The van der Waals surface area contributed by atoms with Gasteiger partial charge in [-0.2, -0.15) is 0 Å². The summed E-state index contributed by atoms with van der Waals surface area (Å²) in [5.41, 5.74) is 2.33. The van der Waals surface area contributed by atoms with Gasteiger partial charge in [0.25, 0.3) is 5.91 Å². The fraction of sp³-hybridized carbons (Fsp3) is 0.368. The van der Waals surface area contributed by atoms with Gasteiger partial charge in [-0.05, 0) is 36.2 Å². The lowest BCUT2D eigenvalue weighted by atomic mass is 10.2. The molecule has 0 unspecified atom stereocenters. The molecule has 0 spiro atoms. The number of aromatic nitrogens is 1. The van der Waals surface area contributed by atoms with E-state index in [-0.39, 0.29) is 5.91 Å². The van der Waals surface area contributed by atoms with Crippen LogP contribution >= 0.6 is 0 Å². The summed E-state index contributed by atoms with van der Waals surface area (Å²) in [5, 5.41) is 6.13. The van der Waals surface area contributed by atoms with Crippen LogP contribution in [-0.2, 0) is 6.54 Å². The average Bonchev–Trinajstić information content (AvgIpc) is 2.66. The summed E-state index contributed by atoms with van der Waals surface area (Å²) in [6.07, 6.45) is 3.68. The Morgan fingerprint density at radius 2 is 1.92 bits per heavy atom. The SMILES string of the molecule is CCCCNC(=O)c1ccc(NCc2ccc(OC)c(OC)c2)cn1. The lowest BCUT2D eigenvalue weighted by Gasteiger charge is -2.11. The van der Waals surface area contributed by atoms with Crippen molar-refractivity contribution >= 4 is 11.6 Å². The Bertz CT molecular complexity index is 687. The minimum absolute atomic E-state index is 0.139. The zero-order valence-electron chi connectivity index (χ0n) is 15.0. The molecule has 25 heavy (non-hydrogen) atoms. The Hall–Kier alpha value is -2.76. The Labute approximate surface area is 148 Å². The highest BCUT2D eigenvalue weighted by atomic mass is 16.5. The molecule has 2 N–H and O–H groups in total. The molecule has 6 heteroatoms. The van der Waals surface area contributed by atoms with Crippen molar-refractivity contribution in [1.29, 1.82) is 0 Å². The van der Waals surface area contributed by atoms with E-state index >= 15 is 0 Å². The average molecular weight is 343 g/mol. The maximum Gasteiger partial charge on any atom is 0.269 e. The smallest absolute Gasteiger partial charge is 0.269 e. The molecule has 0 aliphatic carbocycles. The highest BCUT2D eigenvalue weighted by Crippen LogP contribution is 2.27. The van der Waals surface area contributed by atoms with Crippen LogP contribution in [0.15, 0.2) is 36.5 Å². The predicted octanol–water partition coefficient (Wildman–Crippen LogP) is 3.24. The van der Waals surface area contributed by atoms with Gasteiger partial charge in [-0.3, -0.25) is 4.79 Å². The third-order valence-corrected chi connectivity index (χ3v) is 3.76. The zero-order chi connectivity index (χ0) is 18.1. The van der Waals surface area contributed by atoms with Crippen LogP contribution in [0.4, 0.5) is 5.69 Å². The largest absolute Gasteiger partial charge is 0.493 e. The van der Waals surface area contributed by atoms with Crippen molar-refractivity contribution in [2.45, 2.75) is 26.3 Å². The number of ether oxygens (including phenoxy) is 2. The monoisotopic (exact) mass is 343 g/mol. The van der Waals surface area contributed by atoms with E-state index in [1.54, 1.807) is 26.5 Å². The normalized spacial score (nSPS) is 10.2. The van der Waals surface area contributed by atoms with Gasteiger partial charge in [0, 0.05) is 13.1 Å². The van der Waals surface area contributed by atoms with Gasteiger partial charge in [-0.25, -0.2) is 4.98 Å². The second-order valence-corrected chi connectivity index (χ2v) is 5.58. The molecule has 1 aromatic carbocycles. The summed E-state index contributed by atoms with van der Waals surface area (Å²) in [7, 11) is 3.23. The maximum atomic E-state index is 11.9. The van der Waals surface area contributed by atoms with Gasteiger partial charge < -0.3 is 20.1 Å². The van der Waals surface area contributed by atoms with Crippen molar-refractivity contribution in [3.63, 3.8) is 0 Å². The van der Waals surface area contributed by atoms with Gasteiger partial charge >= 0.3 is 0 Å². The van der Waals surface area contributed by atoms with Crippen molar-refractivity contribution in [2.24, 2.45) is 0 Å². The number of amides is 1. The lowest BCUT2D eigenvalue weighted by molar-refractivity contribution is 0.0948. The first kappa shape index (κ1) is 18.6. The molecule has 0 atom stereocenters. The van der Waals surface area contributed by atoms with Gasteiger partial charge in [0.1, 0.15) is 5.69 Å². The van der Waals surface area contributed by atoms with Crippen molar-refractivity contribution < 1.29 is 14.3 Å². The molecule has 0 radical (unpaired) electrons. The second kappa shape index (κ2) is 9.52. The number of carbonyl (C=O) groups is 1. The van der Waals surface area contributed by atoms with Gasteiger partial charge in [-0.1, -0.05) is 19.4 Å². The van der Waals surface area contributed by atoms with E-state index in [4.69, 9.17) is 9.47 Å². The molecule has 2 aromatic rings. The highest BCUT2D eigenvalue weighted by molar-refractivity contribution is 5.92. The number of unbranched alkanes of at least 4 members (excludes halogenated alkanes) is 1. The molecular weight excluding hydrogens is 318 g/mol. The number of hydrogen-bond acceptors (Lipinski definition) is 5. The molecule has 0 bridgehead atoms. The Balaban J connectivity index is 1.92. The second-order valence-electron chi connectivity index (χ2n) is 5.58. The topological polar surface area (TPSA) is 72.5 Å².